The number of nitriles is 1. The van der Waals surface area contributed by atoms with Crippen LogP contribution in [0.5, 0.6) is 0 Å². The Balaban J connectivity index is 1.93. The SMILES string of the molecule is N#Cc1ccc(N2CC(O)CC2c2cccc(F)c2)cn1. The highest BCUT2D eigenvalue weighted by molar-refractivity contribution is 5.50. The van der Waals surface area contributed by atoms with Crippen molar-refractivity contribution >= 4 is 5.69 Å². The quantitative estimate of drug-likeness (QED) is 0.919. The lowest BCUT2D eigenvalue weighted by Gasteiger charge is -2.26. The Labute approximate surface area is 122 Å². The number of rotatable bonds is 2. The standard InChI is InChI=1S/C16H14FN3O/c17-12-3-1-2-11(6-12)16-7-15(21)10-20(16)14-5-4-13(8-18)19-9-14/h1-6,9,15-16,21H,7,10H2. The Morgan fingerprint density at radius 2 is 2.19 bits per heavy atom. The van der Waals surface area contributed by atoms with Crippen LogP contribution in [0.15, 0.2) is 42.6 Å². The molecule has 1 aliphatic heterocycles. The number of aliphatic hydroxyl groups excluding tert-OH is 1. The van der Waals surface area contributed by atoms with E-state index in [0.29, 0.717) is 18.7 Å². The first-order valence-electron chi connectivity index (χ1n) is 6.73. The first-order chi connectivity index (χ1) is 10.2. The Morgan fingerprint density at radius 1 is 1.33 bits per heavy atom. The van der Waals surface area contributed by atoms with E-state index < -0.39 is 6.10 Å². The van der Waals surface area contributed by atoms with Gasteiger partial charge in [0.2, 0.25) is 0 Å². The van der Waals surface area contributed by atoms with Gasteiger partial charge in [0.1, 0.15) is 17.6 Å². The summed E-state index contributed by atoms with van der Waals surface area (Å²) in [7, 11) is 0. The van der Waals surface area contributed by atoms with E-state index >= 15 is 0 Å². The van der Waals surface area contributed by atoms with Crippen LogP contribution >= 0.6 is 0 Å². The summed E-state index contributed by atoms with van der Waals surface area (Å²) >= 11 is 0. The lowest BCUT2D eigenvalue weighted by molar-refractivity contribution is 0.194. The van der Waals surface area contributed by atoms with E-state index in [1.807, 2.05) is 17.0 Å². The van der Waals surface area contributed by atoms with Crippen molar-refractivity contribution in [3.8, 4) is 6.07 Å². The van der Waals surface area contributed by atoms with Gasteiger partial charge in [-0.3, -0.25) is 0 Å². The van der Waals surface area contributed by atoms with Crippen LogP contribution < -0.4 is 4.90 Å². The molecule has 21 heavy (non-hydrogen) atoms. The minimum atomic E-state index is -0.464. The number of anilines is 1. The minimum absolute atomic E-state index is 0.0922. The van der Waals surface area contributed by atoms with Gasteiger partial charge in [-0.15, -0.1) is 0 Å². The summed E-state index contributed by atoms with van der Waals surface area (Å²) in [4.78, 5) is 6.05. The van der Waals surface area contributed by atoms with Crippen molar-refractivity contribution in [2.75, 3.05) is 11.4 Å². The molecule has 4 nitrogen and oxygen atoms in total. The largest absolute Gasteiger partial charge is 0.391 e. The van der Waals surface area contributed by atoms with E-state index in [1.54, 1.807) is 24.4 Å². The summed E-state index contributed by atoms with van der Waals surface area (Å²) in [5, 5.41) is 18.7. The van der Waals surface area contributed by atoms with Gasteiger partial charge >= 0.3 is 0 Å². The number of hydrogen-bond donors (Lipinski definition) is 1. The van der Waals surface area contributed by atoms with Crippen molar-refractivity contribution in [2.24, 2.45) is 0 Å². The molecule has 2 heterocycles. The zero-order valence-electron chi connectivity index (χ0n) is 11.3. The number of halogens is 1. The normalized spacial score (nSPS) is 21.3. The predicted molar refractivity (Wildman–Crippen MR) is 76.1 cm³/mol. The highest BCUT2D eigenvalue weighted by atomic mass is 19.1. The van der Waals surface area contributed by atoms with Crippen LogP contribution in [-0.4, -0.2) is 22.7 Å². The average Bonchev–Trinajstić information content (AvgIpc) is 2.89. The molecule has 2 unspecified atom stereocenters. The number of nitrogens with zero attached hydrogens (tertiary/aromatic N) is 3. The first kappa shape index (κ1) is 13.5. The van der Waals surface area contributed by atoms with Crippen LogP contribution in [-0.2, 0) is 0 Å². The van der Waals surface area contributed by atoms with E-state index in [0.717, 1.165) is 11.3 Å². The molecule has 0 saturated carbocycles. The molecular formula is C16H14FN3O. The molecule has 2 aromatic rings. The van der Waals surface area contributed by atoms with Crippen LogP contribution in [0, 0.1) is 17.1 Å². The molecular weight excluding hydrogens is 269 g/mol. The van der Waals surface area contributed by atoms with Crippen LogP contribution in [0.3, 0.4) is 0 Å². The summed E-state index contributed by atoms with van der Waals surface area (Å²) in [6.07, 6.45) is 1.70. The van der Waals surface area contributed by atoms with E-state index in [2.05, 4.69) is 4.98 Å². The molecule has 1 aromatic heterocycles. The van der Waals surface area contributed by atoms with Gasteiger partial charge in [0.05, 0.1) is 24.0 Å². The molecule has 1 aliphatic rings. The fraction of sp³-hybridized carbons (Fsp3) is 0.250. The summed E-state index contributed by atoms with van der Waals surface area (Å²) in [5.41, 5.74) is 2.00. The molecule has 0 radical (unpaired) electrons. The van der Waals surface area contributed by atoms with Crippen molar-refractivity contribution in [3.63, 3.8) is 0 Å². The van der Waals surface area contributed by atoms with Gasteiger partial charge in [-0.1, -0.05) is 12.1 Å². The molecule has 106 valence electrons. The van der Waals surface area contributed by atoms with Crippen LogP contribution in [0.25, 0.3) is 0 Å². The maximum Gasteiger partial charge on any atom is 0.140 e. The summed E-state index contributed by atoms with van der Waals surface area (Å²) < 4.78 is 13.4. The number of benzene rings is 1. The second-order valence-corrected chi connectivity index (χ2v) is 5.13. The molecule has 0 aliphatic carbocycles. The smallest absolute Gasteiger partial charge is 0.140 e. The minimum Gasteiger partial charge on any atom is -0.391 e. The lowest BCUT2D eigenvalue weighted by Crippen LogP contribution is -2.24. The first-order valence-corrected chi connectivity index (χ1v) is 6.73. The molecule has 1 N–H and O–H groups in total. The fourth-order valence-electron chi connectivity index (χ4n) is 2.75. The van der Waals surface area contributed by atoms with Crippen LogP contribution in [0.1, 0.15) is 23.7 Å². The van der Waals surface area contributed by atoms with E-state index in [-0.39, 0.29) is 11.9 Å². The second-order valence-electron chi connectivity index (χ2n) is 5.13. The van der Waals surface area contributed by atoms with Crippen molar-refractivity contribution in [3.05, 3.63) is 59.7 Å². The van der Waals surface area contributed by atoms with E-state index in [1.165, 1.54) is 12.1 Å². The Morgan fingerprint density at radius 3 is 2.86 bits per heavy atom. The zero-order valence-corrected chi connectivity index (χ0v) is 11.3. The summed E-state index contributed by atoms with van der Waals surface area (Å²) in [5.74, 6) is -0.285. The van der Waals surface area contributed by atoms with Crippen LogP contribution in [0.2, 0.25) is 0 Å². The topological polar surface area (TPSA) is 60.2 Å². The van der Waals surface area contributed by atoms with Crippen molar-refractivity contribution in [2.45, 2.75) is 18.6 Å². The van der Waals surface area contributed by atoms with E-state index in [9.17, 15) is 9.50 Å². The summed E-state index contributed by atoms with van der Waals surface area (Å²) in [6, 6.07) is 11.8. The third-order valence-corrected chi connectivity index (χ3v) is 3.71. The highest BCUT2D eigenvalue weighted by Gasteiger charge is 2.32. The van der Waals surface area contributed by atoms with Gasteiger partial charge in [0.15, 0.2) is 0 Å². The Hall–Kier alpha value is -2.45. The Kier molecular flexibility index (Phi) is 3.55. The van der Waals surface area contributed by atoms with Gasteiger partial charge in [-0.05, 0) is 36.2 Å². The molecule has 1 fully saturated rings. The third-order valence-electron chi connectivity index (χ3n) is 3.71. The Bertz CT molecular complexity index is 681. The van der Waals surface area contributed by atoms with E-state index in [4.69, 9.17) is 5.26 Å². The molecule has 0 amide bonds. The van der Waals surface area contributed by atoms with Crippen molar-refractivity contribution < 1.29 is 9.50 Å². The number of aliphatic hydroxyl groups is 1. The molecule has 1 aromatic carbocycles. The van der Waals surface area contributed by atoms with Crippen molar-refractivity contribution in [1.82, 2.24) is 4.98 Å². The van der Waals surface area contributed by atoms with Gasteiger partial charge in [-0.2, -0.15) is 5.26 Å². The van der Waals surface area contributed by atoms with Crippen LogP contribution in [0.4, 0.5) is 10.1 Å². The number of β-amino-alcohol motifs (C(OH)–C–C–N with tert-alkyl or cyclic N) is 1. The summed E-state index contributed by atoms with van der Waals surface area (Å²) in [6.45, 7) is 0.467. The molecule has 3 rings (SSSR count). The number of hydrogen-bond acceptors (Lipinski definition) is 4. The third kappa shape index (κ3) is 2.71. The zero-order chi connectivity index (χ0) is 14.8. The van der Waals surface area contributed by atoms with Gasteiger partial charge < -0.3 is 10.0 Å². The molecule has 0 bridgehead atoms. The van der Waals surface area contributed by atoms with Gasteiger partial charge in [-0.25, -0.2) is 9.37 Å². The molecule has 0 spiro atoms. The van der Waals surface area contributed by atoms with Crippen molar-refractivity contribution in [1.29, 1.82) is 5.26 Å². The average molecular weight is 283 g/mol. The monoisotopic (exact) mass is 283 g/mol. The number of aromatic nitrogens is 1. The predicted octanol–water partition coefficient (Wildman–Crippen LogP) is 2.40. The van der Waals surface area contributed by atoms with Gasteiger partial charge in [0.25, 0.3) is 0 Å². The highest BCUT2D eigenvalue weighted by Crippen LogP contribution is 2.36. The molecule has 5 heteroatoms. The number of pyridine rings is 1. The fourth-order valence-corrected chi connectivity index (χ4v) is 2.75. The second kappa shape index (κ2) is 5.51. The maximum absolute atomic E-state index is 13.4. The maximum atomic E-state index is 13.4. The lowest BCUT2D eigenvalue weighted by atomic mass is 10.0. The molecule has 2 atom stereocenters. The van der Waals surface area contributed by atoms with Gasteiger partial charge in [0, 0.05) is 6.54 Å². The molecule has 1 saturated heterocycles.